The molecule has 0 aromatic rings. The summed E-state index contributed by atoms with van der Waals surface area (Å²) in [6.45, 7) is 8.04. The smallest absolute Gasteiger partial charge is 0.309 e. The van der Waals surface area contributed by atoms with Gasteiger partial charge in [0.25, 0.3) is 0 Å². The van der Waals surface area contributed by atoms with Gasteiger partial charge < -0.3 is 4.74 Å². The molecule has 0 N–H and O–H groups in total. The predicted octanol–water partition coefficient (Wildman–Crippen LogP) is 3.15. The van der Waals surface area contributed by atoms with E-state index in [1.54, 1.807) is 0 Å². The Hall–Kier alpha value is -0.530. The first-order valence-electron chi connectivity index (χ1n) is 5.61. The topological polar surface area (TPSA) is 26.3 Å². The summed E-state index contributed by atoms with van der Waals surface area (Å²) >= 11 is 0. The number of carbonyl (C=O) groups is 1. The number of ether oxygens (including phenoxy) is 1. The quantitative estimate of drug-likeness (QED) is 0.605. The maximum atomic E-state index is 11.7. The summed E-state index contributed by atoms with van der Waals surface area (Å²) in [4.78, 5) is 11.7. The highest BCUT2D eigenvalue weighted by Gasteiger charge is 2.28. The van der Waals surface area contributed by atoms with Crippen LogP contribution in [0.4, 0.5) is 0 Å². The Morgan fingerprint density at radius 2 is 1.64 bits per heavy atom. The van der Waals surface area contributed by atoms with Crippen LogP contribution in [0.15, 0.2) is 0 Å². The Labute approximate surface area is 87.0 Å². The van der Waals surface area contributed by atoms with Gasteiger partial charge >= 0.3 is 5.97 Å². The van der Waals surface area contributed by atoms with Crippen LogP contribution in [0.25, 0.3) is 0 Å². The number of hydrogen-bond donors (Lipinski definition) is 0. The van der Waals surface area contributed by atoms with Gasteiger partial charge in [-0.2, -0.15) is 0 Å². The molecule has 0 aromatic heterocycles. The second kappa shape index (κ2) is 4.33. The summed E-state index contributed by atoms with van der Waals surface area (Å²) in [5.41, 5.74) is -0.333. The van der Waals surface area contributed by atoms with Crippen LogP contribution in [0, 0.1) is 11.8 Å². The average Bonchev–Trinajstić information content (AvgIpc) is 2.02. The third kappa shape index (κ3) is 3.69. The largest absolute Gasteiger partial charge is 0.460 e. The van der Waals surface area contributed by atoms with E-state index in [0.717, 1.165) is 18.8 Å². The van der Waals surface area contributed by atoms with Gasteiger partial charge in [-0.15, -0.1) is 0 Å². The van der Waals surface area contributed by atoms with E-state index in [0.29, 0.717) is 0 Å². The number of rotatable bonds is 1. The van der Waals surface area contributed by atoms with E-state index in [-0.39, 0.29) is 17.5 Å². The standard InChI is InChI=1S/C12H22O2/c1-9-5-7-10(8-6-9)11(13)14-12(2,3)4/h9-10H,5-8H2,1-4H3/t9-,10-. The van der Waals surface area contributed by atoms with Gasteiger partial charge in [0, 0.05) is 0 Å². The van der Waals surface area contributed by atoms with Crippen LogP contribution in [-0.2, 0) is 9.53 Å². The molecular formula is C12H22O2. The zero-order valence-corrected chi connectivity index (χ0v) is 9.80. The molecule has 0 bridgehead atoms. The molecule has 0 atom stereocenters. The van der Waals surface area contributed by atoms with Crippen LogP contribution in [0.1, 0.15) is 53.4 Å². The summed E-state index contributed by atoms with van der Waals surface area (Å²) in [5.74, 6) is 0.948. The third-order valence-corrected chi connectivity index (χ3v) is 2.76. The van der Waals surface area contributed by atoms with Gasteiger partial charge in [-0.05, 0) is 52.4 Å². The van der Waals surface area contributed by atoms with Crippen LogP contribution in [-0.4, -0.2) is 11.6 Å². The molecule has 0 unspecified atom stereocenters. The van der Waals surface area contributed by atoms with Crippen molar-refractivity contribution in [3.8, 4) is 0 Å². The second-order valence-corrected chi connectivity index (χ2v) is 5.49. The number of carbonyl (C=O) groups excluding carboxylic acids is 1. The summed E-state index contributed by atoms with van der Waals surface area (Å²) in [5, 5.41) is 0. The average molecular weight is 198 g/mol. The van der Waals surface area contributed by atoms with Crippen molar-refractivity contribution >= 4 is 5.97 Å². The molecule has 2 heteroatoms. The van der Waals surface area contributed by atoms with Crippen LogP contribution in [0.5, 0.6) is 0 Å². The molecular weight excluding hydrogens is 176 g/mol. The molecule has 0 heterocycles. The fraction of sp³-hybridized carbons (Fsp3) is 0.917. The van der Waals surface area contributed by atoms with Crippen molar-refractivity contribution in [3.05, 3.63) is 0 Å². The van der Waals surface area contributed by atoms with Crippen LogP contribution >= 0.6 is 0 Å². The molecule has 1 fully saturated rings. The summed E-state index contributed by atoms with van der Waals surface area (Å²) in [6, 6.07) is 0. The van der Waals surface area contributed by atoms with Crippen molar-refractivity contribution in [3.63, 3.8) is 0 Å². The van der Waals surface area contributed by atoms with Gasteiger partial charge in [0.1, 0.15) is 5.60 Å². The number of esters is 1. The molecule has 0 aliphatic heterocycles. The lowest BCUT2D eigenvalue weighted by Gasteiger charge is -2.28. The molecule has 0 radical (unpaired) electrons. The van der Waals surface area contributed by atoms with E-state index < -0.39 is 0 Å². The minimum absolute atomic E-state index is 0.00407. The summed E-state index contributed by atoms with van der Waals surface area (Å²) in [7, 11) is 0. The molecule has 1 aliphatic rings. The van der Waals surface area contributed by atoms with Crippen molar-refractivity contribution in [2.75, 3.05) is 0 Å². The molecule has 0 saturated heterocycles. The predicted molar refractivity (Wildman–Crippen MR) is 57.0 cm³/mol. The van der Waals surface area contributed by atoms with E-state index in [9.17, 15) is 4.79 Å². The second-order valence-electron chi connectivity index (χ2n) is 5.49. The van der Waals surface area contributed by atoms with Gasteiger partial charge in [0.05, 0.1) is 5.92 Å². The molecule has 82 valence electrons. The fourth-order valence-electron chi connectivity index (χ4n) is 1.88. The van der Waals surface area contributed by atoms with Gasteiger partial charge in [-0.3, -0.25) is 4.79 Å². The fourth-order valence-corrected chi connectivity index (χ4v) is 1.88. The third-order valence-electron chi connectivity index (χ3n) is 2.76. The normalized spacial score (nSPS) is 28.6. The maximum absolute atomic E-state index is 11.7. The van der Waals surface area contributed by atoms with Crippen LogP contribution < -0.4 is 0 Å². The van der Waals surface area contributed by atoms with Gasteiger partial charge in [0.2, 0.25) is 0 Å². The lowest BCUT2D eigenvalue weighted by Crippen LogP contribution is -2.30. The minimum atomic E-state index is -0.333. The first kappa shape index (κ1) is 11.5. The van der Waals surface area contributed by atoms with E-state index >= 15 is 0 Å². The zero-order chi connectivity index (χ0) is 10.8. The highest BCUT2D eigenvalue weighted by Crippen LogP contribution is 2.29. The lowest BCUT2D eigenvalue weighted by atomic mass is 9.83. The molecule has 1 saturated carbocycles. The Kier molecular flexibility index (Phi) is 3.57. The van der Waals surface area contributed by atoms with E-state index in [2.05, 4.69) is 6.92 Å². The van der Waals surface area contributed by atoms with E-state index in [1.807, 2.05) is 20.8 Å². The maximum Gasteiger partial charge on any atom is 0.309 e. The van der Waals surface area contributed by atoms with Crippen molar-refractivity contribution in [2.45, 2.75) is 59.0 Å². The van der Waals surface area contributed by atoms with Crippen molar-refractivity contribution in [2.24, 2.45) is 11.8 Å². The monoisotopic (exact) mass is 198 g/mol. The van der Waals surface area contributed by atoms with E-state index in [1.165, 1.54) is 12.8 Å². The highest BCUT2D eigenvalue weighted by atomic mass is 16.6. The molecule has 2 nitrogen and oxygen atoms in total. The SMILES string of the molecule is CC(C)(C)OC(=O)[C@H]1CC[C@H](C)CC1. The van der Waals surface area contributed by atoms with Crippen LogP contribution in [0.2, 0.25) is 0 Å². The minimum Gasteiger partial charge on any atom is -0.460 e. The Morgan fingerprint density at radius 3 is 2.07 bits per heavy atom. The molecule has 1 rings (SSSR count). The van der Waals surface area contributed by atoms with Gasteiger partial charge in [-0.25, -0.2) is 0 Å². The first-order valence-corrected chi connectivity index (χ1v) is 5.61. The zero-order valence-electron chi connectivity index (χ0n) is 9.80. The Bertz CT molecular complexity index is 195. The Balaban J connectivity index is 2.38. The van der Waals surface area contributed by atoms with E-state index in [4.69, 9.17) is 4.74 Å². The molecule has 0 aromatic carbocycles. The molecule has 0 amide bonds. The molecule has 1 aliphatic carbocycles. The van der Waals surface area contributed by atoms with Crippen LogP contribution in [0.3, 0.4) is 0 Å². The summed E-state index contributed by atoms with van der Waals surface area (Å²) < 4.78 is 5.37. The highest BCUT2D eigenvalue weighted by molar-refractivity contribution is 5.72. The Morgan fingerprint density at radius 1 is 1.14 bits per heavy atom. The van der Waals surface area contributed by atoms with Gasteiger partial charge in [0.15, 0.2) is 0 Å². The van der Waals surface area contributed by atoms with Gasteiger partial charge in [-0.1, -0.05) is 6.92 Å². The molecule has 14 heavy (non-hydrogen) atoms. The van der Waals surface area contributed by atoms with Crippen molar-refractivity contribution < 1.29 is 9.53 Å². The van der Waals surface area contributed by atoms with Crippen molar-refractivity contribution in [1.82, 2.24) is 0 Å². The number of hydrogen-bond acceptors (Lipinski definition) is 2. The lowest BCUT2D eigenvalue weighted by molar-refractivity contribution is -0.161. The first-order chi connectivity index (χ1) is 6.38. The summed E-state index contributed by atoms with van der Waals surface area (Å²) in [6.07, 6.45) is 4.36. The van der Waals surface area contributed by atoms with Crippen molar-refractivity contribution in [1.29, 1.82) is 0 Å². The molecule has 0 spiro atoms.